The molecular formula is C14H20N2O2S. The monoisotopic (exact) mass is 280 g/mol. The predicted molar refractivity (Wildman–Crippen MR) is 80.4 cm³/mol. The number of carbonyl (C=O) groups excluding carboxylic acids is 1. The molecule has 0 spiro atoms. The van der Waals surface area contributed by atoms with Crippen LogP contribution < -0.4 is 11.1 Å². The number of nitrogens with one attached hydrogen (secondary N) is 1. The van der Waals surface area contributed by atoms with Gasteiger partial charge in [0.1, 0.15) is 4.99 Å². The maximum absolute atomic E-state index is 12.0. The zero-order chi connectivity index (χ0) is 14.5. The Kier molecular flexibility index (Phi) is 5.44. The maximum atomic E-state index is 12.0. The highest BCUT2D eigenvalue weighted by Crippen LogP contribution is 2.09. The van der Waals surface area contributed by atoms with Crippen molar-refractivity contribution in [2.24, 2.45) is 5.73 Å². The first-order valence-corrected chi connectivity index (χ1v) is 6.58. The normalized spacial score (nSPS) is 11.1. The molecule has 19 heavy (non-hydrogen) atoms. The number of amides is 1. The lowest BCUT2D eigenvalue weighted by Gasteiger charge is -2.24. The van der Waals surface area contributed by atoms with Crippen molar-refractivity contribution in [2.45, 2.75) is 26.4 Å². The summed E-state index contributed by atoms with van der Waals surface area (Å²) < 4.78 is 5.52. The van der Waals surface area contributed by atoms with Crippen LogP contribution in [0.15, 0.2) is 24.3 Å². The van der Waals surface area contributed by atoms with Crippen LogP contribution in [0.2, 0.25) is 0 Å². The molecule has 1 amide bonds. The molecule has 1 aromatic rings. The van der Waals surface area contributed by atoms with Gasteiger partial charge in [-0.05, 0) is 32.9 Å². The summed E-state index contributed by atoms with van der Waals surface area (Å²) in [4.78, 5) is 12.3. The Morgan fingerprint density at radius 1 is 1.42 bits per heavy atom. The highest BCUT2D eigenvalue weighted by Gasteiger charge is 2.19. The zero-order valence-corrected chi connectivity index (χ0v) is 12.3. The molecule has 0 bridgehead atoms. The number of hydrogen-bond donors (Lipinski definition) is 2. The summed E-state index contributed by atoms with van der Waals surface area (Å²) in [7, 11) is 0. The molecule has 0 aliphatic rings. The molecule has 0 saturated carbocycles. The average Bonchev–Trinajstić information content (AvgIpc) is 2.36. The lowest BCUT2D eigenvalue weighted by molar-refractivity contribution is -0.00815. The van der Waals surface area contributed by atoms with Gasteiger partial charge in [0.2, 0.25) is 0 Å². The van der Waals surface area contributed by atoms with Crippen molar-refractivity contribution in [3.8, 4) is 0 Å². The number of nitrogens with two attached hydrogens (primary N) is 1. The van der Waals surface area contributed by atoms with Gasteiger partial charge in [0.15, 0.2) is 0 Å². The second-order valence-corrected chi connectivity index (χ2v) is 5.26. The van der Waals surface area contributed by atoms with E-state index >= 15 is 0 Å². The van der Waals surface area contributed by atoms with Gasteiger partial charge in [0, 0.05) is 24.3 Å². The van der Waals surface area contributed by atoms with E-state index in [-0.39, 0.29) is 16.5 Å². The van der Waals surface area contributed by atoms with E-state index in [4.69, 9.17) is 22.7 Å². The lowest BCUT2D eigenvalue weighted by Crippen LogP contribution is -2.40. The average molecular weight is 280 g/mol. The fourth-order valence-corrected chi connectivity index (χ4v) is 1.78. The number of rotatable bonds is 6. The molecule has 3 N–H and O–H groups in total. The van der Waals surface area contributed by atoms with Gasteiger partial charge in [-0.1, -0.05) is 24.4 Å². The SMILES string of the molecule is CCOC(C)(C)CNC(=O)c1cccc(C(N)=S)c1. The number of benzene rings is 1. The third kappa shape index (κ3) is 4.96. The Morgan fingerprint density at radius 2 is 2.05 bits per heavy atom. The molecule has 0 radical (unpaired) electrons. The first kappa shape index (κ1) is 15.6. The number of carbonyl (C=O) groups is 1. The molecule has 0 saturated heterocycles. The van der Waals surface area contributed by atoms with Crippen molar-refractivity contribution in [1.29, 1.82) is 0 Å². The molecule has 0 atom stereocenters. The molecule has 4 nitrogen and oxygen atoms in total. The van der Waals surface area contributed by atoms with Crippen LogP contribution in [-0.4, -0.2) is 29.6 Å². The van der Waals surface area contributed by atoms with Crippen LogP contribution in [0.25, 0.3) is 0 Å². The Balaban J connectivity index is 2.68. The first-order valence-electron chi connectivity index (χ1n) is 6.18. The van der Waals surface area contributed by atoms with Gasteiger partial charge in [-0.3, -0.25) is 4.79 Å². The summed E-state index contributed by atoms with van der Waals surface area (Å²) in [5, 5.41) is 2.84. The summed E-state index contributed by atoms with van der Waals surface area (Å²) in [5.41, 5.74) is 6.39. The highest BCUT2D eigenvalue weighted by atomic mass is 32.1. The molecule has 0 aliphatic carbocycles. The van der Waals surface area contributed by atoms with E-state index in [0.717, 1.165) is 0 Å². The van der Waals surface area contributed by atoms with Gasteiger partial charge in [-0.15, -0.1) is 0 Å². The lowest BCUT2D eigenvalue weighted by atomic mass is 10.1. The Hall–Kier alpha value is -1.46. The van der Waals surface area contributed by atoms with Crippen LogP contribution in [0.3, 0.4) is 0 Å². The van der Waals surface area contributed by atoms with Gasteiger partial charge in [0.25, 0.3) is 5.91 Å². The molecule has 5 heteroatoms. The van der Waals surface area contributed by atoms with Gasteiger partial charge < -0.3 is 15.8 Å². The minimum Gasteiger partial charge on any atom is -0.389 e. The Morgan fingerprint density at radius 3 is 2.63 bits per heavy atom. The number of thiocarbonyl (C=S) groups is 1. The first-order chi connectivity index (χ1) is 8.85. The summed E-state index contributed by atoms with van der Waals surface area (Å²) in [6.07, 6.45) is 0. The predicted octanol–water partition coefficient (Wildman–Crippen LogP) is 1.87. The number of ether oxygens (including phenoxy) is 1. The van der Waals surface area contributed by atoms with Crippen LogP contribution in [0.5, 0.6) is 0 Å². The standard InChI is InChI=1S/C14H20N2O2S/c1-4-18-14(2,3)9-16-13(17)11-7-5-6-10(8-11)12(15)19/h5-8H,4,9H2,1-3H3,(H2,15,19)(H,16,17). The summed E-state index contributed by atoms with van der Waals surface area (Å²) in [6.45, 7) is 6.84. The molecule has 0 unspecified atom stereocenters. The van der Waals surface area contributed by atoms with Crippen molar-refractivity contribution >= 4 is 23.1 Å². The summed E-state index contributed by atoms with van der Waals surface area (Å²) in [6, 6.07) is 6.95. The van der Waals surface area contributed by atoms with Crippen LogP contribution >= 0.6 is 12.2 Å². The van der Waals surface area contributed by atoms with Gasteiger partial charge in [-0.25, -0.2) is 0 Å². The molecule has 0 aromatic heterocycles. The van der Waals surface area contributed by atoms with Crippen molar-refractivity contribution in [1.82, 2.24) is 5.32 Å². The second-order valence-electron chi connectivity index (χ2n) is 4.82. The second kappa shape index (κ2) is 6.63. The maximum Gasteiger partial charge on any atom is 0.251 e. The smallest absolute Gasteiger partial charge is 0.251 e. The quantitative estimate of drug-likeness (QED) is 0.781. The van der Waals surface area contributed by atoms with Gasteiger partial charge in [-0.2, -0.15) is 0 Å². The minimum atomic E-state index is -0.384. The summed E-state index contributed by atoms with van der Waals surface area (Å²) in [5.74, 6) is -0.161. The third-order valence-corrected chi connectivity index (χ3v) is 2.85. The zero-order valence-electron chi connectivity index (χ0n) is 11.5. The molecule has 1 rings (SSSR count). The van der Waals surface area contributed by atoms with E-state index < -0.39 is 0 Å². The fraction of sp³-hybridized carbons (Fsp3) is 0.429. The number of hydrogen-bond acceptors (Lipinski definition) is 3. The van der Waals surface area contributed by atoms with Crippen LogP contribution in [0, 0.1) is 0 Å². The van der Waals surface area contributed by atoms with Crippen molar-refractivity contribution in [2.75, 3.05) is 13.2 Å². The topological polar surface area (TPSA) is 64.3 Å². The van der Waals surface area contributed by atoms with Gasteiger partial charge >= 0.3 is 0 Å². The van der Waals surface area contributed by atoms with E-state index in [1.807, 2.05) is 20.8 Å². The van der Waals surface area contributed by atoms with E-state index in [1.54, 1.807) is 24.3 Å². The van der Waals surface area contributed by atoms with Crippen LogP contribution in [-0.2, 0) is 4.74 Å². The van der Waals surface area contributed by atoms with E-state index in [1.165, 1.54) is 0 Å². The van der Waals surface area contributed by atoms with E-state index in [9.17, 15) is 4.79 Å². The Bertz CT molecular complexity index is 472. The highest BCUT2D eigenvalue weighted by molar-refractivity contribution is 7.80. The van der Waals surface area contributed by atoms with Crippen molar-refractivity contribution in [3.05, 3.63) is 35.4 Å². The van der Waals surface area contributed by atoms with Gasteiger partial charge in [0.05, 0.1) is 5.60 Å². The van der Waals surface area contributed by atoms with Crippen molar-refractivity contribution < 1.29 is 9.53 Å². The molecule has 0 heterocycles. The largest absolute Gasteiger partial charge is 0.389 e. The van der Waals surface area contributed by atoms with Crippen LogP contribution in [0.4, 0.5) is 0 Å². The Labute approximate surface area is 119 Å². The summed E-state index contributed by atoms with van der Waals surface area (Å²) >= 11 is 4.89. The molecule has 0 aliphatic heterocycles. The van der Waals surface area contributed by atoms with Crippen LogP contribution in [0.1, 0.15) is 36.7 Å². The minimum absolute atomic E-state index is 0.161. The van der Waals surface area contributed by atoms with E-state index in [0.29, 0.717) is 24.3 Å². The fourth-order valence-electron chi connectivity index (χ4n) is 1.65. The van der Waals surface area contributed by atoms with Crippen molar-refractivity contribution in [3.63, 3.8) is 0 Å². The van der Waals surface area contributed by atoms with E-state index in [2.05, 4.69) is 5.32 Å². The molecule has 1 aromatic carbocycles. The third-order valence-electron chi connectivity index (χ3n) is 2.62. The molecule has 104 valence electrons. The molecule has 0 fully saturated rings. The molecular weight excluding hydrogens is 260 g/mol.